The van der Waals surface area contributed by atoms with Crippen LogP contribution >= 0.6 is 0 Å². The Balaban J connectivity index is 3.11. The smallest absolute Gasteiger partial charge is 0.228 e. The summed E-state index contributed by atoms with van der Waals surface area (Å²) >= 11 is 0. The maximum atomic E-state index is 6.16. The predicted octanol–water partition coefficient (Wildman–Crippen LogP) is 7.22. The zero-order valence-electron chi connectivity index (χ0n) is 19.7. The highest BCUT2D eigenvalue weighted by Crippen LogP contribution is 2.52. The molecule has 1 saturated carbocycles. The van der Waals surface area contributed by atoms with Crippen LogP contribution < -0.4 is 0 Å². The van der Waals surface area contributed by atoms with Gasteiger partial charge in [0.05, 0.1) is 11.2 Å². The lowest BCUT2D eigenvalue weighted by atomic mass is 9.63. The van der Waals surface area contributed by atoms with Crippen LogP contribution in [0.25, 0.3) is 0 Å². The van der Waals surface area contributed by atoms with Gasteiger partial charge < -0.3 is 0 Å². The van der Waals surface area contributed by atoms with Gasteiger partial charge in [-0.15, -0.1) is 0 Å². The summed E-state index contributed by atoms with van der Waals surface area (Å²) in [5.74, 6) is -0.164. The van der Waals surface area contributed by atoms with Crippen molar-refractivity contribution in [3.8, 4) is 0 Å². The van der Waals surface area contributed by atoms with Crippen LogP contribution in [-0.4, -0.2) is 17.0 Å². The first-order valence-corrected chi connectivity index (χ1v) is 10.9. The third kappa shape index (κ3) is 8.81. The molecule has 0 heterocycles. The van der Waals surface area contributed by atoms with E-state index in [1.54, 1.807) is 0 Å². The van der Waals surface area contributed by atoms with E-state index < -0.39 is 17.0 Å². The van der Waals surface area contributed by atoms with Crippen LogP contribution in [0.5, 0.6) is 0 Å². The Hall–Kier alpha value is -0.160. The minimum Gasteiger partial charge on any atom is -0.228 e. The number of hydrogen-bond acceptors (Lipinski definition) is 4. The summed E-state index contributed by atoms with van der Waals surface area (Å²) in [5, 5.41) is 0. The van der Waals surface area contributed by atoms with Gasteiger partial charge in [-0.3, -0.25) is 0 Å². The Morgan fingerprint density at radius 2 is 1.37 bits per heavy atom. The van der Waals surface area contributed by atoms with Gasteiger partial charge in [0.1, 0.15) is 0 Å². The van der Waals surface area contributed by atoms with E-state index in [2.05, 4.69) is 27.7 Å². The van der Waals surface area contributed by atoms with Gasteiger partial charge in [-0.2, -0.15) is 9.78 Å². The predicted molar refractivity (Wildman–Crippen MR) is 111 cm³/mol. The lowest BCUT2D eigenvalue weighted by molar-refractivity contribution is -0.562. The highest BCUT2D eigenvalue weighted by molar-refractivity contribution is 4.94. The summed E-state index contributed by atoms with van der Waals surface area (Å²) in [5.41, 5.74) is -0.715. The molecule has 0 aliphatic heterocycles. The molecule has 1 aliphatic carbocycles. The van der Waals surface area contributed by atoms with E-state index in [0.29, 0.717) is 5.92 Å². The van der Waals surface area contributed by atoms with Crippen LogP contribution in [0.4, 0.5) is 0 Å². The molecule has 4 heteroatoms. The monoisotopic (exact) mass is 386 g/mol. The maximum absolute atomic E-state index is 6.16. The third-order valence-corrected chi connectivity index (χ3v) is 5.09. The summed E-state index contributed by atoms with van der Waals surface area (Å²) in [7, 11) is 0. The molecule has 1 aliphatic rings. The van der Waals surface area contributed by atoms with Gasteiger partial charge in [0.15, 0.2) is 0 Å². The molecule has 27 heavy (non-hydrogen) atoms. The molecule has 0 spiro atoms. The average molecular weight is 387 g/mol. The first kappa shape index (κ1) is 24.9. The van der Waals surface area contributed by atoms with E-state index in [1.165, 1.54) is 25.7 Å². The Morgan fingerprint density at radius 1 is 0.852 bits per heavy atom. The molecule has 0 saturated heterocycles. The SMILES string of the molecule is CCCCCCC1C(C)CC(C)(C)CC1(OOC(C)(C)C)OOC(C)(C)C. The zero-order valence-corrected chi connectivity index (χ0v) is 19.7. The van der Waals surface area contributed by atoms with Crippen molar-refractivity contribution in [1.29, 1.82) is 0 Å². The average Bonchev–Trinajstić information content (AvgIpc) is 2.47. The first-order valence-electron chi connectivity index (χ1n) is 10.9. The maximum Gasteiger partial charge on any atom is 0.237 e. The summed E-state index contributed by atoms with van der Waals surface area (Å²) < 4.78 is 0. The van der Waals surface area contributed by atoms with Crippen molar-refractivity contribution in [2.75, 3.05) is 0 Å². The summed E-state index contributed by atoms with van der Waals surface area (Å²) in [6, 6.07) is 0. The van der Waals surface area contributed by atoms with Crippen LogP contribution in [0.15, 0.2) is 0 Å². The molecule has 1 fully saturated rings. The molecule has 0 aromatic heterocycles. The van der Waals surface area contributed by atoms with Crippen LogP contribution in [0.2, 0.25) is 0 Å². The normalized spacial score (nSPS) is 25.6. The Morgan fingerprint density at radius 3 is 1.81 bits per heavy atom. The van der Waals surface area contributed by atoms with Gasteiger partial charge in [-0.05, 0) is 65.7 Å². The van der Waals surface area contributed by atoms with Gasteiger partial charge in [-0.1, -0.05) is 53.4 Å². The molecule has 0 radical (unpaired) electrons. The van der Waals surface area contributed by atoms with Crippen molar-refractivity contribution in [3.05, 3.63) is 0 Å². The molecular formula is C23H46O4. The van der Waals surface area contributed by atoms with Crippen LogP contribution in [-0.2, 0) is 19.6 Å². The second-order valence-electron chi connectivity index (χ2n) is 11.3. The van der Waals surface area contributed by atoms with Gasteiger partial charge in [0.25, 0.3) is 0 Å². The molecule has 0 amide bonds. The molecular weight excluding hydrogens is 340 g/mol. The van der Waals surface area contributed by atoms with Crippen LogP contribution in [0.1, 0.15) is 114 Å². The van der Waals surface area contributed by atoms with E-state index in [1.807, 2.05) is 41.5 Å². The van der Waals surface area contributed by atoms with E-state index in [4.69, 9.17) is 19.6 Å². The van der Waals surface area contributed by atoms with Gasteiger partial charge in [0, 0.05) is 12.3 Å². The Labute approximate surface area is 168 Å². The number of rotatable bonds is 9. The lowest BCUT2D eigenvalue weighted by Gasteiger charge is -2.51. The van der Waals surface area contributed by atoms with E-state index in [-0.39, 0.29) is 11.3 Å². The largest absolute Gasteiger partial charge is 0.237 e. The fourth-order valence-electron chi connectivity index (χ4n) is 4.20. The molecule has 2 unspecified atom stereocenters. The highest BCUT2D eigenvalue weighted by Gasteiger charge is 2.55. The molecule has 4 nitrogen and oxygen atoms in total. The van der Waals surface area contributed by atoms with Crippen molar-refractivity contribution < 1.29 is 19.6 Å². The lowest BCUT2D eigenvalue weighted by Crippen LogP contribution is -2.55. The fraction of sp³-hybridized carbons (Fsp3) is 1.00. The first-order chi connectivity index (χ1) is 12.2. The standard InChI is InChI=1S/C23H46O4/c1-11-12-13-14-15-19-18(2)16-22(9,10)17-23(19,26-24-20(3,4)5)27-25-21(6,7)8/h18-19H,11-17H2,1-10H3. The Bertz CT molecular complexity index is 413. The van der Waals surface area contributed by atoms with Crippen molar-refractivity contribution >= 4 is 0 Å². The van der Waals surface area contributed by atoms with Crippen molar-refractivity contribution in [2.24, 2.45) is 17.3 Å². The molecule has 1 rings (SSSR count). The van der Waals surface area contributed by atoms with E-state index in [0.717, 1.165) is 19.3 Å². The van der Waals surface area contributed by atoms with Crippen LogP contribution in [0, 0.1) is 17.3 Å². The van der Waals surface area contributed by atoms with Crippen molar-refractivity contribution in [1.82, 2.24) is 0 Å². The number of unbranched alkanes of at least 4 members (excludes halogenated alkanes) is 3. The molecule has 0 aromatic rings. The molecule has 0 N–H and O–H groups in total. The quantitative estimate of drug-likeness (QED) is 0.181. The third-order valence-electron chi connectivity index (χ3n) is 5.09. The summed E-state index contributed by atoms with van der Waals surface area (Å²) in [4.78, 5) is 24.0. The second kappa shape index (κ2) is 9.56. The minimum atomic E-state index is -0.881. The molecule has 162 valence electrons. The molecule has 0 aromatic carbocycles. The number of hydrogen-bond donors (Lipinski definition) is 0. The van der Waals surface area contributed by atoms with Gasteiger partial charge >= 0.3 is 0 Å². The second-order valence-corrected chi connectivity index (χ2v) is 11.3. The van der Waals surface area contributed by atoms with Gasteiger partial charge in [-0.25, -0.2) is 9.78 Å². The summed E-state index contributed by atoms with van der Waals surface area (Å²) in [6.45, 7) is 21.1. The van der Waals surface area contributed by atoms with Crippen molar-refractivity contribution in [2.45, 2.75) is 131 Å². The summed E-state index contributed by atoms with van der Waals surface area (Å²) in [6.07, 6.45) is 7.93. The molecule has 2 atom stereocenters. The molecule has 0 bridgehead atoms. The topological polar surface area (TPSA) is 36.9 Å². The van der Waals surface area contributed by atoms with Crippen LogP contribution in [0.3, 0.4) is 0 Å². The highest BCUT2D eigenvalue weighted by atomic mass is 17.3. The fourth-order valence-corrected chi connectivity index (χ4v) is 4.20. The minimum absolute atomic E-state index is 0.0990. The Kier molecular flexibility index (Phi) is 8.81. The van der Waals surface area contributed by atoms with E-state index >= 15 is 0 Å². The van der Waals surface area contributed by atoms with E-state index in [9.17, 15) is 0 Å². The zero-order chi connectivity index (χ0) is 20.9. The van der Waals surface area contributed by atoms with Gasteiger partial charge in [0.2, 0.25) is 5.79 Å². The van der Waals surface area contributed by atoms with Crippen molar-refractivity contribution in [3.63, 3.8) is 0 Å².